The minimum absolute atomic E-state index is 0.545. The van der Waals surface area contributed by atoms with Gasteiger partial charge in [0.1, 0.15) is 5.82 Å². The zero-order valence-electron chi connectivity index (χ0n) is 12.8. The van der Waals surface area contributed by atoms with Crippen molar-refractivity contribution in [3.63, 3.8) is 0 Å². The van der Waals surface area contributed by atoms with Gasteiger partial charge in [0.2, 0.25) is 0 Å². The van der Waals surface area contributed by atoms with Gasteiger partial charge in [-0.05, 0) is 54.9 Å². The summed E-state index contributed by atoms with van der Waals surface area (Å²) < 4.78 is 0. The first-order valence-corrected chi connectivity index (χ1v) is 8.50. The molecule has 1 aromatic carbocycles. The van der Waals surface area contributed by atoms with E-state index in [2.05, 4.69) is 44.8 Å². The molecule has 2 heterocycles. The van der Waals surface area contributed by atoms with Gasteiger partial charge < -0.3 is 15.5 Å². The van der Waals surface area contributed by atoms with Gasteiger partial charge in [-0.2, -0.15) is 0 Å². The van der Waals surface area contributed by atoms with Gasteiger partial charge in [0.05, 0.1) is 5.02 Å². The van der Waals surface area contributed by atoms with Gasteiger partial charge in [-0.15, -0.1) is 0 Å². The average Bonchev–Trinajstić information content (AvgIpc) is 3.10. The maximum absolute atomic E-state index is 5.81. The number of hydrogen-bond acceptors (Lipinski definition) is 3. The van der Waals surface area contributed by atoms with Gasteiger partial charge in [0.25, 0.3) is 0 Å². The summed E-state index contributed by atoms with van der Waals surface area (Å²) in [6, 6.07) is 12.2. The van der Waals surface area contributed by atoms with Crippen LogP contribution in [0.15, 0.2) is 42.6 Å². The Morgan fingerprint density at radius 2 is 1.87 bits per heavy atom. The third kappa shape index (κ3) is 4.56. The molecule has 0 aliphatic carbocycles. The molecule has 1 aliphatic rings. The van der Waals surface area contributed by atoms with Crippen LogP contribution in [0.5, 0.6) is 0 Å². The molecule has 2 N–H and O–H groups in total. The summed E-state index contributed by atoms with van der Waals surface area (Å²) in [6.45, 7) is 3.01. The second-order valence-electron chi connectivity index (χ2n) is 5.53. The van der Waals surface area contributed by atoms with Crippen LogP contribution < -0.4 is 15.5 Å². The number of nitrogens with one attached hydrogen (secondary N) is 2. The summed E-state index contributed by atoms with van der Waals surface area (Å²) in [5.41, 5.74) is 2.50. The number of thiocarbonyl (C=S) groups is 1. The van der Waals surface area contributed by atoms with Crippen molar-refractivity contribution in [1.82, 2.24) is 10.3 Å². The van der Waals surface area contributed by atoms with Crippen LogP contribution in [0, 0.1) is 0 Å². The summed E-state index contributed by atoms with van der Waals surface area (Å²) in [5.74, 6) is 0.677. The number of anilines is 2. The number of hydrogen-bond donors (Lipinski definition) is 2. The molecule has 23 heavy (non-hydrogen) atoms. The molecule has 4 nitrogen and oxygen atoms in total. The predicted octanol–water partition coefficient (Wildman–Crippen LogP) is 3.82. The van der Waals surface area contributed by atoms with Crippen molar-refractivity contribution in [2.75, 3.05) is 23.3 Å². The largest absolute Gasteiger partial charge is 0.372 e. The van der Waals surface area contributed by atoms with Gasteiger partial charge in [0.15, 0.2) is 5.11 Å². The quantitative estimate of drug-likeness (QED) is 0.823. The molecule has 0 saturated carbocycles. The summed E-state index contributed by atoms with van der Waals surface area (Å²) in [7, 11) is 0. The Hall–Kier alpha value is -1.85. The van der Waals surface area contributed by atoms with E-state index in [1.54, 1.807) is 18.3 Å². The second kappa shape index (κ2) is 7.62. The summed E-state index contributed by atoms with van der Waals surface area (Å²) in [6.07, 6.45) is 4.17. The first-order chi connectivity index (χ1) is 11.2. The normalized spacial score (nSPS) is 13.9. The van der Waals surface area contributed by atoms with Crippen LogP contribution in [0.25, 0.3) is 0 Å². The second-order valence-corrected chi connectivity index (χ2v) is 6.37. The van der Waals surface area contributed by atoms with Crippen molar-refractivity contribution in [2.24, 2.45) is 0 Å². The molecule has 1 aromatic heterocycles. The Balaban J connectivity index is 1.49. The molecule has 1 aliphatic heterocycles. The molecule has 0 bridgehead atoms. The topological polar surface area (TPSA) is 40.2 Å². The zero-order chi connectivity index (χ0) is 16.1. The smallest absolute Gasteiger partial charge is 0.172 e. The van der Waals surface area contributed by atoms with Gasteiger partial charge in [-0.25, -0.2) is 4.98 Å². The Morgan fingerprint density at radius 1 is 1.13 bits per heavy atom. The Labute approximate surface area is 146 Å². The van der Waals surface area contributed by atoms with E-state index in [0.29, 0.717) is 22.5 Å². The Morgan fingerprint density at radius 3 is 2.52 bits per heavy atom. The fourth-order valence-corrected chi connectivity index (χ4v) is 2.88. The van der Waals surface area contributed by atoms with Crippen molar-refractivity contribution < 1.29 is 0 Å². The first kappa shape index (κ1) is 16.0. The lowest BCUT2D eigenvalue weighted by atomic mass is 10.2. The molecule has 0 atom stereocenters. The number of halogens is 1. The third-order valence-electron chi connectivity index (χ3n) is 3.83. The molecular weight excluding hydrogens is 328 g/mol. The molecule has 3 rings (SSSR count). The first-order valence-electron chi connectivity index (χ1n) is 7.71. The van der Waals surface area contributed by atoms with E-state index < -0.39 is 0 Å². The lowest BCUT2D eigenvalue weighted by molar-refractivity contribution is 0.920. The van der Waals surface area contributed by atoms with Crippen LogP contribution in [-0.4, -0.2) is 23.2 Å². The van der Waals surface area contributed by atoms with Crippen LogP contribution >= 0.6 is 23.8 Å². The maximum Gasteiger partial charge on any atom is 0.172 e. The van der Waals surface area contributed by atoms with Crippen molar-refractivity contribution in [1.29, 1.82) is 0 Å². The molecule has 2 aromatic rings. The van der Waals surface area contributed by atoms with Crippen LogP contribution in [0.3, 0.4) is 0 Å². The highest BCUT2D eigenvalue weighted by molar-refractivity contribution is 7.80. The van der Waals surface area contributed by atoms with E-state index in [1.165, 1.54) is 37.2 Å². The minimum atomic E-state index is 0.545. The molecule has 0 amide bonds. The average molecular weight is 347 g/mol. The Bertz CT molecular complexity index is 651. The highest BCUT2D eigenvalue weighted by Crippen LogP contribution is 2.20. The van der Waals surface area contributed by atoms with Gasteiger partial charge in [-0.3, -0.25) is 0 Å². The summed E-state index contributed by atoms with van der Waals surface area (Å²) >= 11 is 11.1. The van der Waals surface area contributed by atoms with Crippen LogP contribution in [0.4, 0.5) is 11.5 Å². The standard InChI is InChI=1S/C17H19ClN4S/c18-14-5-8-16(19-12-14)21-17(23)20-11-13-3-6-15(7-4-13)22-9-1-2-10-22/h3-8,12H,1-2,9-11H2,(H2,19,20,21,23). The fourth-order valence-electron chi connectivity index (χ4n) is 2.59. The minimum Gasteiger partial charge on any atom is -0.372 e. The van der Waals surface area contributed by atoms with E-state index >= 15 is 0 Å². The van der Waals surface area contributed by atoms with Crippen LogP contribution in [-0.2, 0) is 6.54 Å². The molecule has 1 fully saturated rings. The van der Waals surface area contributed by atoms with Gasteiger partial charge in [-0.1, -0.05) is 23.7 Å². The lowest BCUT2D eigenvalue weighted by Crippen LogP contribution is -2.28. The van der Waals surface area contributed by atoms with E-state index in [1.807, 2.05) is 0 Å². The van der Waals surface area contributed by atoms with E-state index in [-0.39, 0.29) is 0 Å². The Kier molecular flexibility index (Phi) is 5.31. The molecule has 6 heteroatoms. The summed E-state index contributed by atoms with van der Waals surface area (Å²) in [5, 5.41) is 7.37. The molecule has 0 unspecified atom stereocenters. The van der Waals surface area contributed by atoms with Crippen LogP contribution in [0.1, 0.15) is 18.4 Å². The summed E-state index contributed by atoms with van der Waals surface area (Å²) in [4.78, 5) is 6.58. The number of rotatable bonds is 4. The van der Waals surface area contributed by atoms with Crippen molar-refractivity contribution in [3.8, 4) is 0 Å². The van der Waals surface area contributed by atoms with Gasteiger partial charge >= 0.3 is 0 Å². The number of aromatic nitrogens is 1. The molecule has 120 valence electrons. The predicted molar refractivity (Wildman–Crippen MR) is 100 cm³/mol. The molecular formula is C17H19ClN4S. The number of pyridine rings is 1. The van der Waals surface area contributed by atoms with Crippen molar-refractivity contribution in [2.45, 2.75) is 19.4 Å². The monoisotopic (exact) mass is 346 g/mol. The highest BCUT2D eigenvalue weighted by Gasteiger charge is 2.11. The van der Waals surface area contributed by atoms with E-state index in [9.17, 15) is 0 Å². The highest BCUT2D eigenvalue weighted by atomic mass is 35.5. The third-order valence-corrected chi connectivity index (χ3v) is 4.30. The number of benzene rings is 1. The fraction of sp³-hybridized carbons (Fsp3) is 0.294. The maximum atomic E-state index is 5.81. The SMILES string of the molecule is S=C(NCc1ccc(N2CCCC2)cc1)Nc1ccc(Cl)cn1. The van der Waals surface area contributed by atoms with Gasteiger partial charge in [0, 0.05) is 31.5 Å². The molecule has 0 radical (unpaired) electrons. The molecule has 1 saturated heterocycles. The van der Waals surface area contributed by atoms with Crippen molar-refractivity contribution >= 4 is 40.4 Å². The zero-order valence-corrected chi connectivity index (χ0v) is 14.3. The van der Waals surface area contributed by atoms with E-state index in [0.717, 1.165) is 0 Å². The van der Waals surface area contributed by atoms with Crippen molar-refractivity contribution in [3.05, 3.63) is 53.2 Å². The lowest BCUT2D eigenvalue weighted by Gasteiger charge is -2.18. The van der Waals surface area contributed by atoms with E-state index in [4.69, 9.17) is 23.8 Å². The van der Waals surface area contributed by atoms with Crippen LogP contribution in [0.2, 0.25) is 5.02 Å². The number of nitrogens with zero attached hydrogens (tertiary/aromatic N) is 2. The molecule has 0 spiro atoms.